The van der Waals surface area contributed by atoms with Gasteiger partial charge in [0, 0.05) is 33.3 Å². The first-order chi connectivity index (χ1) is 26.8. The summed E-state index contributed by atoms with van der Waals surface area (Å²) in [6, 6.07) is 75.9. The second-order valence-corrected chi connectivity index (χ2v) is 13.7. The number of rotatable bonds is 7. The third kappa shape index (κ3) is 5.62. The molecule has 0 saturated heterocycles. The van der Waals surface area contributed by atoms with Gasteiger partial charge in [-0.05, 0) is 86.6 Å². The maximum Gasteiger partial charge on any atom is 0.143 e. The van der Waals surface area contributed by atoms with Crippen LogP contribution in [0.15, 0.2) is 217 Å². The fourth-order valence-corrected chi connectivity index (χ4v) is 7.87. The zero-order chi connectivity index (χ0) is 35.8. The highest BCUT2D eigenvalue weighted by molar-refractivity contribution is 6.09. The molecular weight excluding hydrogens is 655 g/mol. The summed E-state index contributed by atoms with van der Waals surface area (Å²) in [6.07, 6.45) is 0. The first-order valence-corrected chi connectivity index (χ1v) is 18.4. The normalized spacial score (nSPS) is 11.3. The number of furan rings is 1. The Balaban J connectivity index is 1.10. The lowest BCUT2D eigenvalue weighted by Crippen LogP contribution is -2.11. The van der Waals surface area contributed by atoms with Gasteiger partial charge in [0.15, 0.2) is 0 Å². The fraction of sp³-hybridized carbons (Fsp3) is 0. The van der Waals surface area contributed by atoms with Crippen molar-refractivity contribution in [3.63, 3.8) is 0 Å². The van der Waals surface area contributed by atoms with Gasteiger partial charge in [-0.1, -0.05) is 170 Å². The summed E-state index contributed by atoms with van der Waals surface area (Å²) in [4.78, 5) is 2.38. The molecule has 0 radical (unpaired) electrons. The molecule has 2 heteroatoms. The molecule has 0 spiro atoms. The highest BCUT2D eigenvalue weighted by Gasteiger charge is 2.19. The van der Waals surface area contributed by atoms with E-state index in [-0.39, 0.29) is 0 Å². The molecule has 10 rings (SSSR count). The zero-order valence-corrected chi connectivity index (χ0v) is 29.6. The lowest BCUT2D eigenvalue weighted by atomic mass is 9.95. The van der Waals surface area contributed by atoms with E-state index in [1.807, 2.05) is 12.1 Å². The Hall–Kier alpha value is -7.16. The lowest BCUT2D eigenvalue weighted by molar-refractivity contribution is 0.670. The maximum absolute atomic E-state index is 6.46. The van der Waals surface area contributed by atoms with Gasteiger partial charge in [0.25, 0.3) is 0 Å². The predicted molar refractivity (Wildman–Crippen MR) is 228 cm³/mol. The third-order valence-electron chi connectivity index (χ3n) is 10.5. The van der Waals surface area contributed by atoms with Crippen molar-refractivity contribution in [3.05, 3.63) is 212 Å². The van der Waals surface area contributed by atoms with Crippen LogP contribution in [0, 0.1) is 0 Å². The van der Waals surface area contributed by atoms with Crippen LogP contribution in [0.1, 0.15) is 0 Å². The number of hydrogen-bond acceptors (Lipinski definition) is 2. The molecule has 0 aliphatic carbocycles. The SMILES string of the molecule is c1ccc(-c2ccc(N(c3ccc(-c4cccc5ccccc45)cc3)c3ccccc3-c3cccc(-c4cccc5c4oc4ccccc45)c3)cc2)cc1. The smallest absolute Gasteiger partial charge is 0.143 e. The molecule has 0 N–H and O–H groups in total. The summed E-state index contributed by atoms with van der Waals surface area (Å²) in [7, 11) is 0. The average molecular weight is 690 g/mol. The number of para-hydroxylation sites is 3. The van der Waals surface area contributed by atoms with Crippen LogP contribution in [0.4, 0.5) is 17.1 Å². The second kappa shape index (κ2) is 13.4. The first-order valence-electron chi connectivity index (χ1n) is 18.4. The maximum atomic E-state index is 6.46. The molecule has 0 aliphatic rings. The lowest BCUT2D eigenvalue weighted by Gasteiger charge is -2.28. The van der Waals surface area contributed by atoms with Gasteiger partial charge in [-0.15, -0.1) is 0 Å². The van der Waals surface area contributed by atoms with E-state index in [4.69, 9.17) is 4.42 Å². The molecule has 10 aromatic rings. The Kier molecular flexibility index (Phi) is 7.85. The fourth-order valence-electron chi connectivity index (χ4n) is 7.87. The van der Waals surface area contributed by atoms with Crippen molar-refractivity contribution in [1.82, 2.24) is 0 Å². The minimum atomic E-state index is 0.904. The van der Waals surface area contributed by atoms with E-state index in [0.29, 0.717) is 0 Å². The van der Waals surface area contributed by atoms with Crippen molar-refractivity contribution < 1.29 is 4.42 Å². The number of fused-ring (bicyclic) bond motifs is 4. The van der Waals surface area contributed by atoms with Gasteiger partial charge in [-0.2, -0.15) is 0 Å². The molecule has 0 aliphatic heterocycles. The van der Waals surface area contributed by atoms with Crippen LogP contribution >= 0.6 is 0 Å². The standard InChI is InChI=1S/C52H35NO/c1-2-13-36(14-3-1)37-27-31-42(32-28-37)53(43-33-29-39(30-34-43)45-22-11-16-38-15-4-5-19-44(38)45)50-25-8-6-20-46(50)40-17-10-18-41(35-40)47-23-12-24-49-48-21-7-9-26-51(48)54-52(47)49/h1-35H. The van der Waals surface area contributed by atoms with Gasteiger partial charge >= 0.3 is 0 Å². The Morgan fingerprint density at radius 3 is 1.65 bits per heavy atom. The van der Waals surface area contributed by atoms with Gasteiger partial charge in [0.1, 0.15) is 11.2 Å². The third-order valence-corrected chi connectivity index (χ3v) is 10.5. The quantitative estimate of drug-likeness (QED) is 0.166. The number of benzene rings is 9. The van der Waals surface area contributed by atoms with Gasteiger partial charge < -0.3 is 9.32 Å². The van der Waals surface area contributed by atoms with E-state index in [2.05, 4.69) is 205 Å². The van der Waals surface area contributed by atoms with E-state index in [0.717, 1.165) is 61.3 Å². The molecule has 2 nitrogen and oxygen atoms in total. The van der Waals surface area contributed by atoms with Crippen LogP contribution in [0.25, 0.3) is 77.2 Å². The van der Waals surface area contributed by atoms with E-state index in [1.165, 1.54) is 33.0 Å². The summed E-state index contributed by atoms with van der Waals surface area (Å²) < 4.78 is 6.46. The summed E-state index contributed by atoms with van der Waals surface area (Å²) in [5, 5.41) is 4.76. The summed E-state index contributed by atoms with van der Waals surface area (Å²) in [6.45, 7) is 0. The number of hydrogen-bond donors (Lipinski definition) is 0. The molecule has 0 saturated carbocycles. The molecule has 0 unspecified atom stereocenters. The Bertz CT molecular complexity index is 2920. The van der Waals surface area contributed by atoms with Crippen LogP contribution < -0.4 is 4.90 Å². The van der Waals surface area contributed by atoms with Gasteiger partial charge in [-0.3, -0.25) is 0 Å². The Labute approximate surface area is 314 Å². The molecule has 0 bridgehead atoms. The molecule has 0 atom stereocenters. The minimum Gasteiger partial charge on any atom is -0.455 e. The predicted octanol–water partition coefficient (Wildman–Crippen LogP) is 14.9. The largest absolute Gasteiger partial charge is 0.455 e. The van der Waals surface area contributed by atoms with Crippen LogP contribution in [-0.4, -0.2) is 0 Å². The minimum absolute atomic E-state index is 0.904. The van der Waals surface area contributed by atoms with E-state index in [1.54, 1.807) is 0 Å². The van der Waals surface area contributed by atoms with E-state index in [9.17, 15) is 0 Å². The second-order valence-electron chi connectivity index (χ2n) is 13.7. The first kappa shape index (κ1) is 31.6. The summed E-state index contributed by atoms with van der Waals surface area (Å²) >= 11 is 0. The molecule has 1 heterocycles. The topological polar surface area (TPSA) is 16.4 Å². The van der Waals surface area contributed by atoms with E-state index < -0.39 is 0 Å². The highest BCUT2D eigenvalue weighted by atomic mass is 16.3. The summed E-state index contributed by atoms with van der Waals surface area (Å²) in [5.74, 6) is 0. The Morgan fingerprint density at radius 1 is 0.315 bits per heavy atom. The molecule has 54 heavy (non-hydrogen) atoms. The van der Waals surface area contributed by atoms with E-state index >= 15 is 0 Å². The highest BCUT2D eigenvalue weighted by Crippen LogP contribution is 2.43. The van der Waals surface area contributed by atoms with Gasteiger partial charge in [0.05, 0.1) is 5.69 Å². The molecule has 1 aromatic heterocycles. The van der Waals surface area contributed by atoms with Crippen LogP contribution in [0.3, 0.4) is 0 Å². The molecule has 9 aromatic carbocycles. The van der Waals surface area contributed by atoms with Gasteiger partial charge in [0.2, 0.25) is 0 Å². The van der Waals surface area contributed by atoms with Crippen LogP contribution in [-0.2, 0) is 0 Å². The van der Waals surface area contributed by atoms with Crippen LogP contribution in [0.5, 0.6) is 0 Å². The molecule has 0 fully saturated rings. The molecule has 254 valence electrons. The Morgan fingerprint density at radius 2 is 0.833 bits per heavy atom. The number of anilines is 3. The van der Waals surface area contributed by atoms with Crippen molar-refractivity contribution in [2.45, 2.75) is 0 Å². The zero-order valence-electron chi connectivity index (χ0n) is 29.6. The van der Waals surface area contributed by atoms with Crippen molar-refractivity contribution in [2.24, 2.45) is 0 Å². The molecular formula is C52H35NO. The monoisotopic (exact) mass is 689 g/mol. The average Bonchev–Trinajstić information content (AvgIpc) is 3.64. The number of nitrogens with zero attached hydrogens (tertiary/aromatic N) is 1. The van der Waals surface area contributed by atoms with Crippen molar-refractivity contribution in [2.75, 3.05) is 4.90 Å². The summed E-state index contributed by atoms with van der Waals surface area (Å²) in [5.41, 5.74) is 14.4. The van der Waals surface area contributed by atoms with Crippen molar-refractivity contribution >= 4 is 49.8 Å². The molecule has 0 amide bonds. The van der Waals surface area contributed by atoms with Crippen molar-refractivity contribution in [1.29, 1.82) is 0 Å². The van der Waals surface area contributed by atoms with Gasteiger partial charge in [-0.25, -0.2) is 0 Å². The van der Waals surface area contributed by atoms with Crippen LogP contribution in [0.2, 0.25) is 0 Å². The van der Waals surface area contributed by atoms with Crippen molar-refractivity contribution in [3.8, 4) is 44.5 Å².